The predicted molar refractivity (Wildman–Crippen MR) is 57.2 cm³/mol. The van der Waals surface area contributed by atoms with Crippen molar-refractivity contribution in [3.8, 4) is 0 Å². The van der Waals surface area contributed by atoms with Crippen molar-refractivity contribution < 1.29 is 14.3 Å². The SMILES string of the molecule is O=C(O)C1(c2coc3cnccc23)CCC1. The van der Waals surface area contributed by atoms with Gasteiger partial charge >= 0.3 is 5.97 Å². The second kappa shape index (κ2) is 3.07. The number of carbonyl (C=O) groups is 1. The quantitative estimate of drug-likeness (QED) is 0.838. The zero-order chi connectivity index (χ0) is 11.2. The van der Waals surface area contributed by atoms with Gasteiger partial charge in [0.05, 0.1) is 17.9 Å². The molecule has 4 nitrogen and oxygen atoms in total. The van der Waals surface area contributed by atoms with E-state index in [1.54, 1.807) is 18.7 Å². The molecular weight excluding hydrogens is 206 g/mol. The maximum atomic E-state index is 11.4. The Hall–Kier alpha value is -1.84. The molecule has 0 unspecified atom stereocenters. The van der Waals surface area contributed by atoms with Crippen molar-refractivity contribution in [3.05, 3.63) is 30.3 Å². The van der Waals surface area contributed by atoms with Gasteiger partial charge in [-0.15, -0.1) is 0 Å². The molecule has 0 amide bonds. The Kier molecular flexibility index (Phi) is 1.80. The maximum Gasteiger partial charge on any atom is 0.314 e. The van der Waals surface area contributed by atoms with Crippen LogP contribution in [0.15, 0.2) is 29.1 Å². The molecular formula is C12H11NO3. The van der Waals surface area contributed by atoms with Gasteiger partial charge in [-0.1, -0.05) is 6.42 Å². The van der Waals surface area contributed by atoms with Crippen LogP contribution in [-0.4, -0.2) is 16.1 Å². The van der Waals surface area contributed by atoms with E-state index < -0.39 is 11.4 Å². The highest BCUT2D eigenvalue weighted by molar-refractivity contribution is 5.91. The molecule has 1 aliphatic rings. The van der Waals surface area contributed by atoms with E-state index in [2.05, 4.69) is 4.98 Å². The molecule has 1 saturated carbocycles. The summed E-state index contributed by atoms with van der Waals surface area (Å²) in [5.74, 6) is -0.752. The molecule has 0 aromatic carbocycles. The van der Waals surface area contributed by atoms with Crippen LogP contribution in [0.3, 0.4) is 0 Å². The van der Waals surface area contributed by atoms with E-state index in [1.807, 2.05) is 6.07 Å². The predicted octanol–water partition coefficient (Wildman–Crippen LogP) is 2.33. The highest BCUT2D eigenvalue weighted by atomic mass is 16.4. The molecule has 0 radical (unpaired) electrons. The van der Waals surface area contributed by atoms with Crippen molar-refractivity contribution >= 4 is 16.9 Å². The molecule has 2 aromatic rings. The summed E-state index contributed by atoms with van der Waals surface area (Å²) in [5, 5.41) is 10.2. The Morgan fingerprint density at radius 1 is 1.50 bits per heavy atom. The monoisotopic (exact) mass is 217 g/mol. The molecule has 1 fully saturated rings. The van der Waals surface area contributed by atoms with E-state index in [0.29, 0.717) is 18.4 Å². The number of aliphatic carboxylic acids is 1. The molecule has 0 aliphatic heterocycles. The van der Waals surface area contributed by atoms with Gasteiger partial charge in [0.25, 0.3) is 0 Å². The molecule has 4 heteroatoms. The average Bonchev–Trinajstić information content (AvgIpc) is 2.61. The maximum absolute atomic E-state index is 11.4. The number of hydrogen-bond acceptors (Lipinski definition) is 3. The van der Waals surface area contributed by atoms with E-state index in [1.165, 1.54) is 0 Å². The first-order valence-electron chi connectivity index (χ1n) is 5.29. The number of aromatic nitrogens is 1. The summed E-state index contributed by atoms with van der Waals surface area (Å²) in [6, 6.07) is 1.82. The lowest BCUT2D eigenvalue weighted by molar-refractivity contribution is -0.147. The number of pyridine rings is 1. The molecule has 2 heterocycles. The summed E-state index contributed by atoms with van der Waals surface area (Å²) in [5.41, 5.74) is 0.723. The van der Waals surface area contributed by atoms with Crippen LogP contribution in [0.4, 0.5) is 0 Å². The van der Waals surface area contributed by atoms with Gasteiger partial charge in [-0.2, -0.15) is 0 Å². The summed E-state index contributed by atoms with van der Waals surface area (Å²) >= 11 is 0. The van der Waals surface area contributed by atoms with Gasteiger partial charge in [0.15, 0.2) is 5.58 Å². The second-order valence-electron chi connectivity index (χ2n) is 4.26. The van der Waals surface area contributed by atoms with Crippen LogP contribution in [0.5, 0.6) is 0 Å². The fraction of sp³-hybridized carbons (Fsp3) is 0.333. The minimum atomic E-state index is -0.752. The van der Waals surface area contributed by atoms with Crippen molar-refractivity contribution in [1.82, 2.24) is 4.98 Å². The molecule has 1 aliphatic carbocycles. The average molecular weight is 217 g/mol. The van der Waals surface area contributed by atoms with Crippen molar-refractivity contribution in [2.75, 3.05) is 0 Å². The van der Waals surface area contributed by atoms with E-state index >= 15 is 0 Å². The lowest BCUT2D eigenvalue weighted by Gasteiger charge is -2.37. The molecule has 3 rings (SSSR count). The fourth-order valence-electron chi connectivity index (χ4n) is 2.38. The lowest BCUT2D eigenvalue weighted by atomic mass is 9.64. The van der Waals surface area contributed by atoms with Crippen LogP contribution in [-0.2, 0) is 10.2 Å². The standard InChI is InChI=1S/C12H11NO3/c14-11(15)12(3-1-4-12)9-7-16-10-6-13-5-2-8(9)10/h2,5-7H,1,3-4H2,(H,14,15). The molecule has 82 valence electrons. The zero-order valence-corrected chi connectivity index (χ0v) is 8.64. The summed E-state index contributed by atoms with van der Waals surface area (Å²) < 4.78 is 5.36. The molecule has 1 N–H and O–H groups in total. The summed E-state index contributed by atoms with van der Waals surface area (Å²) in [7, 11) is 0. The van der Waals surface area contributed by atoms with Gasteiger partial charge < -0.3 is 9.52 Å². The number of furan rings is 1. The number of carboxylic acids is 1. The number of rotatable bonds is 2. The first-order valence-corrected chi connectivity index (χ1v) is 5.29. The normalized spacial score (nSPS) is 18.2. The summed E-state index contributed by atoms with van der Waals surface area (Å²) in [6.45, 7) is 0. The first-order chi connectivity index (χ1) is 7.74. The Morgan fingerprint density at radius 3 is 2.94 bits per heavy atom. The summed E-state index contributed by atoms with van der Waals surface area (Å²) in [4.78, 5) is 15.3. The van der Waals surface area contributed by atoms with Crippen molar-refractivity contribution in [2.24, 2.45) is 0 Å². The van der Waals surface area contributed by atoms with Crippen LogP contribution in [0, 0.1) is 0 Å². The third-order valence-corrected chi connectivity index (χ3v) is 3.51. The van der Waals surface area contributed by atoms with Crippen LogP contribution < -0.4 is 0 Å². The van der Waals surface area contributed by atoms with E-state index in [0.717, 1.165) is 17.4 Å². The molecule has 16 heavy (non-hydrogen) atoms. The van der Waals surface area contributed by atoms with Gasteiger partial charge in [-0.3, -0.25) is 9.78 Å². The third kappa shape index (κ3) is 1.04. The summed E-state index contributed by atoms with van der Waals surface area (Å²) in [6.07, 6.45) is 7.20. The van der Waals surface area contributed by atoms with Crippen LogP contribution in [0.25, 0.3) is 11.0 Å². The van der Waals surface area contributed by atoms with Gasteiger partial charge in [-0.25, -0.2) is 0 Å². The lowest BCUT2D eigenvalue weighted by Crippen LogP contribution is -2.42. The van der Waals surface area contributed by atoms with E-state index in [-0.39, 0.29) is 0 Å². The molecule has 0 spiro atoms. The number of nitrogens with zero attached hydrogens (tertiary/aromatic N) is 1. The topological polar surface area (TPSA) is 63.3 Å². The van der Waals surface area contributed by atoms with Crippen molar-refractivity contribution in [1.29, 1.82) is 0 Å². The Balaban J connectivity index is 2.22. The van der Waals surface area contributed by atoms with Crippen molar-refractivity contribution in [2.45, 2.75) is 24.7 Å². The van der Waals surface area contributed by atoms with Gasteiger partial charge in [0.1, 0.15) is 0 Å². The fourth-order valence-corrected chi connectivity index (χ4v) is 2.38. The first kappa shape index (κ1) is 9.39. The zero-order valence-electron chi connectivity index (χ0n) is 8.64. The van der Waals surface area contributed by atoms with E-state index in [4.69, 9.17) is 4.42 Å². The van der Waals surface area contributed by atoms with Crippen LogP contribution in [0.2, 0.25) is 0 Å². The van der Waals surface area contributed by atoms with Crippen LogP contribution in [0.1, 0.15) is 24.8 Å². The Labute approximate surface area is 91.9 Å². The van der Waals surface area contributed by atoms with Gasteiger partial charge in [-0.05, 0) is 18.9 Å². The highest BCUT2D eigenvalue weighted by Gasteiger charge is 2.47. The Morgan fingerprint density at radius 2 is 2.31 bits per heavy atom. The minimum absolute atomic E-state index is 0.657. The molecule has 0 bridgehead atoms. The minimum Gasteiger partial charge on any atom is -0.481 e. The van der Waals surface area contributed by atoms with Gasteiger partial charge in [0.2, 0.25) is 0 Å². The molecule has 0 atom stereocenters. The van der Waals surface area contributed by atoms with Crippen molar-refractivity contribution in [3.63, 3.8) is 0 Å². The van der Waals surface area contributed by atoms with Crippen LogP contribution >= 0.6 is 0 Å². The highest BCUT2D eigenvalue weighted by Crippen LogP contribution is 2.46. The number of hydrogen-bond donors (Lipinski definition) is 1. The molecule has 0 saturated heterocycles. The Bertz CT molecular complexity index is 554. The van der Waals surface area contributed by atoms with Gasteiger partial charge in [0, 0.05) is 17.1 Å². The number of fused-ring (bicyclic) bond motifs is 1. The smallest absolute Gasteiger partial charge is 0.314 e. The largest absolute Gasteiger partial charge is 0.481 e. The molecule has 2 aromatic heterocycles. The third-order valence-electron chi connectivity index (χ3n) is 3.51. The number of carboxylic acid groups (broad SMARTS) is 1. The van der Waals surface area contributed by atoms with E-state index in [9.17, 15) is 9.90 Å². The second-order valence-corrected chi connectivity index (χ2v) is 4.26.